The van der Waals surface area contributed by atoms with Gasteiger partial charge in [0.1, 0.15) is 0 Å². The zero-order valence-corrected chi connectivity index (χ0v) is 12.3. The largest absolute Gasteiger partial charge is 0.479 e. The van der Waals surface area contributed by atoms with E-state index < -0.39 is 11.5 Å². The van der Waals surface area contributed by atoms with Gasteiger partial charge in [-0.05, 0) is 11.1 Å². The van der Waals surface area contributed by atoms with Gasteiger partial charge in [-0.25, -0.2) is 4.79 Å². The maximum absolute atomic E-state index is 12.4. The number of aliphatic carboxylic acids is 1. The maximum Gasteiger partial charge on any atom is 0.333 e. The van der Waals surface area contributed by atoms with Crippen molar-refractivity contribution in [2.45, 2.75) is 5.54 Å². The first-order valence-electron chi connectivity index (χ1n) is 7.43. The Labute approximate surface area is 130 Å². The maximum atomic E-state index is 12.4. The van der Waals surface area contributed by atoms with Gasteiger partial charge in [-0.2, -0.15) is 0 Å². The van der Waals surface area contributed by atoms with E-state index in [-0.39, 0.29) is 0 Å². The monoisotopic (exact) mass is 297 g/mol. The van der Waals surface area contributed by atoms with Crippen molar-refractivity contribution in [1.82, 2.24) is 4.90 Å². The molecule has 0 unspecified atom stereocenters. The minimum Gasteiger partial charge on any atom is -0.479 e. The van der Waals surface area contributed by atoms with Gasteiger partial charge in [0.05, 0.1) is 13.2 Å². The lowest BCUT2D eigenvalue weighted by Gasteiger charge is -2.43. The number of rotatable bonds is 4. The summed E-state index contributed by atoms with van der Waals surface area (Å²) >= 11 is 0. The average Bonchev–Trinajstić information content (AvgIpc) is 2.58. The van der Waals surface area contributed by atoms with Crippen molar-refractivity contribution in [3.05, 3.63) is 71.8 Å². The molecule has 1 fully saturated rings. The molecular weight excluding hydrogens is 278 g/mol. The van der Waals surface area contributed by atoms with Crippen LogP contribution in [0.15, 0.2) is 60.7 Å². The van der Waals surface area contributed by atoms with Crippen molar-refractivity contribution in [2.24, 2.45) is 0 Å². The zero-order chi connectivity index (χ0) is 15.4. The normalized spacial score (nSPS) is 16.4. The molecule has 1 N–H and O–H groups in total. The molecule has 22 heavy (non-hydrogen) atoms. The van der Waals surface area contributed by atoms with Gasteiger partial charge in [0.25, 0.3) is 0 Å². The number of carbonyl (C=O) groups is 1. The van der Waals surface area contributed by atoms with Gasteiger partial charge >= 0.3 is 5.97 Å². The first-order valence-corrected chi connectivity index (χ1v) is 7.43. The fourth-order valence-corrected chi connectivity index (χ4v) is 3.17. The Morgan fingerprint density at radius 2 is 1.36 bits per heavy atom. The molecular formula is C18H19NO3. The Bertz CT molecular complexity index is 582. The van der Waals surface area contributed by atoms with Crippen LogP contribution >= 0.6 is 0 Å². The van der Waals surface area contributed by atoms with E-state index in [1.807, 2.05) is 65.6 Å². The van der Waals surface area contributed by atoms with Crippen LogP contribution in [0.1, 0.15) is 11.1 Å². The highest BCUT2D eigenvalue weighted by molar-refractivity contribution is 5.85. The summed E-state index contributed by atoms with van der Waals surface area (Å²) in [6.07, 6.45) is 0. The number of benzene rings is 2. The molecule has 2 aromatic carbocycles. The van der Waals surface area contributed by atoms with Gasteiger partial charge in [0.15, 0.2) is 5.54 Å². The number of nitrogens with zero attached hydrogens (tertiary/aromatic N) is 1. The molecule has 0 aliphatic carbocycles. The van der Waals surface area contributed by atoms with Crippen LogP contribution in [0.3, 0.4) is 0 Å². The first-order chi connectivity index (χ1) is 10.8. The van der Waals surface area contributed by atoms with E-state index in [0.717, 1.165) is 11.1 Å². The van der Waals surface area contributed by atoms with Crippen molar-refractivity contribution >= 4 is 5.97 Å². The highest BCUT2D eigenvalue weighted by Gasteiger charge is 2.47. The molecule has 0 bridgehead atoms. The summed E-state index contributed by atoms with van der Waals surface area (Å²) in [6.45, 7) is 2.29. The van der Waals surface area contributed by atoms with Gasteiger partial charge in [-0.15, -0.1) is 0 Å². The topological polar surface area (TPSA) is 49.8 Å². The van der Waals surface area contributed by atoms with Gasteiger partial charge in [0.2, 0.25) is 0 Å². The van der Waals surface area contributed by atoms with Gasteiger partial charge in [-0.1, -0.05) is 60.7 Å². The van der Waals surface area contributed by atoms with Crippen LogP contribution in [-0.2, 0) is 15.1 Å². The van der Waals surface area contributed by atoms with E-state index in [1.165, 1.54) is 0 Å². The molecule has 1 aliphatic rings. The smallest absolute Gasteiger partial charge is 0.333 e. The highest BCUT2D eigenvalue weighted by Crippen LogP contribution is 2.37. The second-order valence-corrected chi connectivity index (χ2v) is 5.35. The Kier molecular flexibility index (Phi) is 4.22. The Morgan fingerprint density at radius 3 is 1.77 bits per heavy atom. The third-order valence-corrected chi connectivity index (χ3v) is 4.18. The summed E-state index contributed by atoms with van der Waals surface area (Å²) in [4.78, 5) is 14.4. The lowest BCUT2D eigenvalue weighted by Crippen LogP contribution is -2.56. The van der Waals surface area contributed by atoms with Gasteiger partial charge in [0, 0.05) is 13.1 Å². The summed E-state index contributed by atoms with van der Waals surface area (Å²) in [7, 11) is 0. The summed E-state index contributed by atoms with van der Waals surface area (Å²) in [5.74, 6) is -0.855. The molecule has 114 valence electrons. The molecule has 3 rings (SSSR count). The van der Waals surface area contributed by atoms with Crippen LogP contribution in [0, 0.1) is 0 Å². The Hall–Kier alpha value is -2.17. The lowest BCUT2D eigenvalue weighted by molar-refractivity contribution is -0.152. The summed E-state index contributed by atoms with van der Waals surface area (Å²) in [5, 5.41) is 10.2. The third kappa shape index (κ3) is 2.40. The highest BCUT2D eigenvalue weighted by atomic mass is 16.5. The molecule has 0 amide bonds. The minimum atomic E-state index is -1.17. The Morgan fingerprint density at radius 1 is 0.909 bits per heavy atom. The van der Waals surface area contributed by atoms with Crippen molar-refractivity contribution in [2.75, 3.05) is 26.3 Å². The molecule has 1 aliphatic heterocycles. The standard InChI is InChI=1S/C18H19NO3/c20-17(21)18(15-7-3-1-4-8-15,16-9-5-2-6-10-16)19-11-13-22-14-12-19/h1-10H,11-14H2,(H,20,21). The minimum absolute atomic E-state index is 0.550. The summed E-state index contributed by atoms with van der Waals surface area (Å²) in [5.41, 5.74) is 0.373. The van der Waals surface area contributed by atoms with Crippen molar-refractivity contribution in [3.63, 3.8) is 0 Å². The molecule has 0 aromatic heterocycles. The number of morpholine rings is 1. The summed E-state index contributed by atoms with van der Waals surface area (Å²) < 4.78 is 5.41. The first kappa shape index (κ1) is 14.8. The molecule has 4 heteroatoms. The molecule has 0 saturated carbocycles. The van der Waals surface area contributed by atoms with Crippen LogP contribution in [0.25, 0.3) is 0 Å². The van der Waals surface area contributed by atoms with E-state index in [9.17, 15) is 9.90 Å². The second kappa shape index (κ2) is 6.30. The fraction of sp³-hybridized carbons (Fsp3) is 0.278. The van der Waals surface area contributed by atoms with Gasteiger partial charge < -0.3 is 9.84 Å². The number of carboxylic acid groups (broad SMARTS) is 1. The van der Waals surface area contributed by atoms with Crippen molar-refractivity contribution in [1.29, 1.82) is 0 Å². The predicted molar refractivity (Wildman–Crippen MR) is 83.7 cm³/mol. The van der Waals surface area contributed by atoms with E-state index >= 15 is 0 Å². The quantitative estimate of drug-likeness (QED) is 0.941. The van der Waals surface area contributed by atoms with Gasteiger partial charge in [-0.3, -0.25) is 4.90 Å². The number of carboxylic acids is 1. The second-order valence-electron chi connectivity index (χ2n) is 5.35. The van der Waals surface area contributed by atoms with Crippen LogP contribution < -0.4 is 0 Å². The molecule has 0 atom stereocenters. The molecule has 0 spiro atoms. The number of hydrogen-bond donors (Lipinski definition) is 1. The van der Waals surface area contributed by atoms with Crippen molar-refractivity contribution < 1.29 is 14.6 Å². The van der Waals surface area contributed by atoms with E-state index in [4.69, 9.17) is 4.74 Å². The van der Waals surface area contributed by atoms with Crippen LogP contribution in [0.4, 0.5) is 0 Å². The van der Waals surface area contributed by atoms with E-state index in [0.29, 0.717) is 26.3 Å². The van der Waals surface area contributed by atoms with E-state index in [2.05, 4.69) is 0 Å². The number of hydrogen-bond acceptors (Lipinski definition) is 3. The third-order valence-electron chi connectivity index (χ3n) is 4.18. The lowest BCUT2D eigenvalue weighted by atomic mass is 9.80. The SMILES string of the molecule is O=C(O)C(c1ccccc1)(c1ccccc1)N1CCOCC1. The summed E-state index contributed by atoms with van der Waals surface area (Å²) in [6, 6.07) is 18.9. The molecule has 4 nitrogen and oxygen atoms in total. The van der Waals surface area contributed by atoms with Crippen LogP contribution in [-0.4, -0.2) is 42.3 Å². The molecule has 0 radical (unpaired) electrons. The molecule has 2 aromatic rings. The van der Waals surface area contributed by atoms with E-state index in [1.54, 1.807) is 0 Å². The fourth-order valence-electron chi connectivity index (χ4n) is 3.17. The molecule has 1 heterocycles. The van der Waals surface area contributed by atoms with Crippen molar-refractivity contribution in [3.8, 4) is 0 Å². The zero-order valence-electron chi connectivity index (χ0n) is 12.3. The average molecular weight is 297 g/mol. The Balaban J connectivity index is 2.21. The number of ether oxygens (including phenoxy) is 1. The molecule has 1 saturated heterocycles. The van der Waals surface area contributed by atoms with Crippen LogP contribution in [0.2, 0.25) is 0 Å². The van der Waals surface area contributed by atoms with Crippen LogP contribution in [0.5, 0.6) is 0 Å². The predicted octanol–water partition coefficient (Wildman–Crippen LogP) is 2.35.